The number of rotatable bonds is 1. The van der Waals surface area contributed by atoms with E-state index in [4.69, 9.17) is 5.73 Å². The molecule has 0 unspecified atom stereocenters. The number of aromatic nitrogens is 1. The van der Waals surface area contributed by atoms with E-state index in [0.717, 1.165) is 11.3 Å². The van der Waals surface area contributed by atoms with Crippen LogP contribution in [0.2, 0.25) is 0 Å². The van der Waals surface area contributed by atoms with Crippen molar-refractivity contribution in [3.63, 3.8) is 0 Å². The molecule has 0 saturated heterocycles. The first-order valence-corrected chi connectivity index (χ1v) is 4.33. The summed E-state index contributed by atoms with van der Waals surface area (Å²) in [4.78, 5) is 4.15. The van der Waals surface area contributed by atoms with Gasteiger partial charge in [0.25, 0.3) is 0 Å². The Morgan fingerprint density at radius 2 is 2.08 bits per heavy atom. The van der Waals surface area contributed by atoms with E-state index >= 15 is 0 Å². The van der Waals surface area contributed by atoms with Crippen LogP contribution in [0.25, 0.3) is 0 Å². The first-order valence-electron chi connectivity index (χ1n) is 4.33. The summed E-state index contributed by atoms with van der Waals surface area (Å²) < 4.78 is 0. The lowest BCUT2D eigenvalue weighted by Crippen LogP contribution is -2.14. The zero-order valence-electron chi connectivity index (χ0n) is 8.33. The minimum Gasteiger partial charge on any atom is -0.506 e. The summed E-state index contributed by atoms with van der Waals surface area (Å²) in [6.45, 7) is 6.57. The maximum atomic E-state index is 9.36. The SMILES string of the molecule is CC(C)(C)c1cc(CN)c(O)cn1. The smallest absolute Gasteiger partial charge is 0.138 e. The second kappa shape index (κ2) is 3.34. The fraction of sp³-hybridized carbons (Fsp3) is 0.500. The van der Waals surface area contributed by atoms with Crippen molar-refractivity contribution in [1.29, 1.82) is 0 Å². The molecule has 3 nitrogen and oxygen atoms in total. The standard InChI is InChI=1S/C10H16N2O/c1-10(2,3)9-4-7(5-11)8(13)6-12-9/h4,6,13H,5,11H2,1-3H3. The average molecular weight is 180 g/mol. The van der Waals surface area contributed by atoms with E-state index in [9.17, 15) is 5.11 Å². The van der Waals surface area contributed by atoms with Gasteiger partial charge in [0.1, 0.15) is 5.75 Å². The van der Waals surface area contributed by atoms with Crippen molar-refractivity contribution in [2.24, 2.45) is 5.73 Å². The first kappa shape index (κ1) is 9.99. The Balaban J connectivity index is 3.14. The summed E-state index contributed by atoms with van der Waals surface area (Å²) in [5, 5.41) is 9.36. The second-order valence-electron chi connectivity index (χ2n) is 4.15. The zero-order valence-corrected chi connectivity index (χ0v) is 8.33. The van der Waals surface area contributed by atoms with Crippen molar-refractivity contribution >= 4 is 0 Å². The molecule has 1 aromatic rings. The Kier molecular flexibility index (Phi) is 2.57. The van der Waals surface area contributed by atoms with Crippen molar-refractivity contribution in [1.82, 2.24) is 4.98 Å². The number of nitrogens with zero attached hydrogens (tertiary/aromatic N) is 1. The van der Waals surface area contributed by atoms with Gasteiger partial charge in [0.05, 0.1) is 6.20 Å². The van der Waals surface area contributed by atoms with Gasteiger partial charge in [-0.05, 0) is 6.07 Å². The van der Waals surface area contributed by atoms with Gasteiger partial charge < -0.3 is 10.8 Å². The number of aromatic hydroxyl groups is 1. The minimum atomic E-state index is -0.00236. The third-order valence-electron chi connectivity index (χ3n) is 1.95. The zero-order chi connectivity index (χ0) is 10.1. The molecule has 1 aromatic heterocycles. The fourth-order valence-electron chi connectivity index (χ4n) is 1.06. The van der Waals surface area contributed by atoms with Crippen LogP contribution in [-0.4, -0.2) is 10.1 Å². The Morgan fingerprint density at radius 3 is 2.54 bits per heavy atom. The first-order chi connectivity index (χ1) is 5.95. The summed E-state index contributed by atoms with van der Waals surface area (Å²) in [5.41, 5.74) is 7.17. The van der Waals surface area contributed by atoms with Gasteiger partial charge in [0.15, 0.2) is 0 Å². The van der Waals surface area contributed by atoms with Gasteiger partial charge in [-0.25, -0.2) is 0 Å². The number of hydrogen-bond acceptors (Lipinski definition) is 3. The largest absolute Gasteiger partial charge is 0.506 e. The van der Waals surface area contributed by atoms with E-state index in [2.05, 4.69) is 25.8 Å². The van der Waals surface area contributed by atoms with E-state index in [-0.39, 0.29) is 11.2 Å². The van der Waals surface area contributed by atoms with Crippen LogP contribution in [0.1, 0.15) is 32.0 Å². The highest BCUT2D eigenvalue weighted by molar-refractivity contribution is 5.32. The minimum absolute atomic E-state index is 0.00236. The maximum absolute atomic E-state index is 9.36. The summed E-state index contributed by atoms with van der Waals surface area (Å²) in [5.74, 6) is 0.176. The topological polar surface area (TPSA) is 59.1 Å². The highest BCUT2D eigenvalue weighted by Crippen LogP contribution is 2.24. The molecule has 0 saturated carbocycles. The third kappa shape index (κ3) is 2.18. The maximum Gasteiger partial charge on any atom is 0.138 e. The molecule has 0 aliphatic heterocycles. The van der Waals surface area contributed by atoms with Gasteiger partial charge in [0, 0.05) is 23.2 Å². The average Bonchev–Trinajstić information content (AvgIpc) is 2.03. The normalized spacial score (nSPS) is 11.7. The predicted octanol–water partition coefficient (Wildman–Crippen LogP) is 1.54. The molecule has 0 aliphatic rings. The van der Waals surface area contributed by atoms with Crippen LogP contribution in [0.5, 0.6) is 5.75 Å². The van der Waals surface area contributed by atoms with Crippen molar-refractivity contribution < 1.29 is 5.11 Å². The molecule has 1 rings (SSSR count). The van der Waals surface area contributed by atoms with Crippen molar-refractivity contribution in [2.45, 2.75) is 32.7 Å². The fourth-order valence-corrected chi connectivity index (χ4v) is 1.06. The molecule has 0 atom stereocenters. The van der Waals surface area contributed by atoms with E-state index < -0.39 is 0 Å². The molecule has 3 heteroatoms. The highest BCUT2D eigenvalue weighted by Gasteiger charge is 2.16. The highest BCUT2D eigenvalue weighted by atomic mass is 16.3. The molecule has 0 bridgehead atoms. The molecule has 0 aliphatic carbocycles. The molecular formula is C10H16N2O. The van der Waals surface area contributed by atoms with Gasteiger partial charge in [-0.2, -0.15) is 0 Å². The van der Waals surface area contributed by atoms with E-state index in [1.807, 2.05) is 6.07 Å². The van der Waals surface area contributed by atoms with Crippen molar-refractivity contribution in [3.05, 3.63) is 23.5 Å². The Hall–Kier alpha value is -1.09. The second-order valence-corrected chi connectivity index (χ2v) is 4.15. The van der Waals surface area contributed by atoms with Crippen LogP contribution >= 0.6 is 0 Å². The molecule has 3 N–H and O–H groups in total. The summed E-state index contributed by atoms with van der Waals surface area (Å²) in [7, 11) is 0. The Bertz CT molecular complexity index is 302. The number of nitrogens with two attached hydrogens (primary N) is 1. The summed E-state index contributed by atoms with van der Waals surface area (Å²) in [6, 6.07) is 1.86. The van der Waals surface area contributed by atoms with Crippen LogP contribution in [0.4, 0.5) is 0 Å². The van der Waals surface area contributed by atoms with Crippen molar-refractivity contribution in [2.75, 3.05) is 0 Å². The van der Waals surface area contributed by atoms with E-state index in [1.54, 1.807) is 0 Å². The van der Waals surface area contributed by atoms with Gasteiger partial charge in [-0.1, -0.05) is 20.8 Å². The van der Waals surface area contributed by atoms with Gasteiger partial charge >= 0.3 is 0 Å². The van der Waals surface area contributed by atoms with Gasteiger partial charge in [0.2, 0.25) is 0 Å². The third-order valence-corrected chi connectivity index (χ3v) is 1.95. The summed E-state index contributed by atoms with van der Waals surface area (Å²) in [6.07, 6.45) is 1.46. The molecule has 0 radical (unpaired) electrons. The molecule has 0 fully saturated rings. The Labute approximate surface area is 78.6 Å². The van der Waals surface area contributed by atoms with Crippen LogP contribution in [0, 0.1) is 0 Å². The lowest BCUT2D eigenvalue weighted by atomic mass is 9.91. The predicted molar refractivity (Wildman–Crippen MR) is 52.5 cm³/mol. The molecular weight excluding hydrogens is 164 g/mol. The Morgan fingerprint density at radius 1 is 1.46 bits per heavy atom. The molecule has 13 heavy (non-hydrogen) atoms. The number of hydrogen-bond donors (Lipinski definition) is 2. The molecule has 0 amide bonds. The van der Waals surface area contributed by atoms with Gasteiger partial charge in [-0.15, -0.1) is 0 Å². The van der Waals surface area contributed by atoms with E-state index in [0.29, 0.717) is 6.54 Å². The van der Waals surface area contributed by atoms with Gasteiger partial charge in [-0.3, -0.25) is 4.98 Å². The van der Waals surface area contributed by atoms with Crippen LogP contribution in [0.15, 0.2) is 12.3 Å². The van der Waals surface area contributed by atoms with Crippen LogP contribution < -0.4 is 5.73 Å². The number of pyridine rings is 1. The monoisotopic (exact) mass is 180 g/mol. The van der Waals surface area contributed by atoms with E-state index in [1.165, 1.54) is 6.20 Å². The lowest BCUT2D eigenvalue weighted by Gasteiger charge is -2.18. The molecule has 0 spiro atoms. The molecule has 72 valence electrons. The molecule has 0 aromatic carbocycles. The van der Waals surface area contributed by atoms with Crippen molar-refractivity contribution in [3.8, 4) is 5.75 Å². The lowest BCUT2D eigenvalue weighted by molar-refractivity contribution is 0.462. The summed E-state index contributed by atoms with van der Waals surface area (Å²) >= 11 is 0. The van der Waals surface area contributed by atoms with Crippen LogP contribution in [-0.2, 0) is 12.0 Å². The quantitative estimate of drug-likeness (QED) is 0.689. The van der Waals surface area contributed by atoms with Crippen LogP contribution in [0.3, 0.4) is 0 Å². The molecule has 1 heterocycles.